The average molecular weight is 401 g/mol. The number of rotatable bonds is 5. The van der Waals surface area contributed by atoms with Crippen LogP contribution in [0.3, 0.4) is 0 Å². The molecule has 1 aromatic rings. The van der Waals surface area contributed by atoms with Crippen LogP contribution in [-0.4, -0.2) is 42.5 Å². The zero-order chi connectivity index (χ0) is 21.0. The number of amides is 1. The molecule has 0 fully saturated rings. The highest BCUT2D eigenvalue weighted by molar-refractivity contribution is 6.21. The van der Waals surface area contributed by atoms with Crippen molar-refractivity contribution >= 4 is 17.6 Å². The van der Waals surface area contributed by atoms with E-state index in [9.17, 15) is 41.0 Å². The minimum atomic E-state index is -5.99. The largest absolute Gasteiger partial charge is 0.480 e. The standard InChI is InChI=1S/C15H13F6NO5/c1-7-3-5-8(6-4-7)22-10(23)9(11(24)26-2)12(25)27-13(14(16,17)18)15(19,20)21/h3-6,13,24H,1-2H3,(H,22,23)/b11-9-. The minimum absolute atomic E-state index is 0.0444. The Hall–Kier alpha value is -2.92. The summed E-state index contributed by atoms with van der Waals surface area (Å²) >= 11 is 0. The Morgan fingerprint density at radius 2 is 1.52 bits per heavy atom. The fourth-order valence-electron chi connectivity index (χ4n) is 1.69. The van der Waals surface area contributed by atoms with E-state index >= 15 is 0 Å². The second kappa shape index (κ2) is 8.18. The van der Waals surface area contributed by atoms with Gasteiger partial charge >= 0.3 is 18.3 Å². The lowest BCUT2D eigenvalue weighted by atomic mass is 10.2. The van der Waals surface area contributed by atoms with Gasteiger partial charge in [0.15, 0.2) is 0 Å². The Bertz CT molecular complexity index is 710. The van der Waals surface area contributed by atoms with E-state index in [0.717, 1.165) is 12.7 Å². The van der Waals surface area contributed by atoms with Crippen LogP contribution >= 0.6 is 0 Å². The van der Waals surface area contributed by atoms with Crippen LogP contribution in [0.15, 0.2) is 35.8 Å². The van der Waals surface area contributed by atoms with Crippen LogP contribution in [0.5, 0.6) is 0 Å². The summed E-state index contributed by atoms with van der Waals surface area (Å²) in [5.41, 5.74) is -0.749. The highest BCUT2D eigenvalue weighted by atomic mass is 19.4. The zero-order valence-corrected chi connectivity index (χ0v) is 13.7. The van der Waals surface area contributed by atoms with Gasteiger partial charge in [0.1, 0.15) is 0 Å². The average Bonchev–Trinajstić information content (AvgIpc) is 2.52. The first-order chi connectivity index (χ1) is 12.3. The van der Waals surface area contributed by atoms with Crippen LogP contribution in [0.25, 0.3) is 0 Å². The van der Waals surface area contributed by atoms with Gasteiger partial charge in [-0.1, -0.05) is 17.7 Å². The van der Waals surface area contributed by atoms with Crippen molar-refractivity contribution in [1.29, 1.82) is 0 Å². The third kappa shape index (κ3) is 6.08. The molecule has 0 saturated carbocycles. The van der Waals surface area contributed by atoms with Crippen molar-refractivity contribution in [1.82, 2.24) is 0 Å². The van der Waals surface area contributed by atoms with Crippen LogP contribution < -0.4 is 5.32 Å². The first kappa shape index (κ1) is 22.1. The van der Waals surface area contributed by atoms with Gasteiger partial charge in [0.25, 0.3) is 18.0 Å². The molecule has 0 saturated heterocycles. The van der Waals surface area contributed by atoms with E-state index in [2.05, 4.69) is 9.47 Å². The van der Waals surface area contributed by atoms with Crippen molar-refractivity contribution in [2.45, 2.75) is 25.4 Å². The molecule has 1 aromatic carbocycles. The molecular weight excluding hydrogens is 388 g/mol. The van der Waals surface area contributed by atoms with Crippen LogP contribution in [0, 0.1) is 6.92 Å². The smallest absolute Gasteiger partial charge is 0.434 e. The summed E-state index contributed by atoms with van der Waals surface area (Å²) in [5, 5.41) is 11.4. The van der Waals surface area contributed by atoms with Crippen molar-refractivity contribution in [3.63, 3.8) is 0 Å². The molecule has 0 unspecified atom stereocenters. The number of aliphatic hydroxyl groups excluding tert-OH is 1. The number of benzene rings is 1. The fraction of sp³-hybridized carbons (Fsp3) is 0.333. The third-order valence-electron chi connectivity index (χ3n) is 2.97. The Morgan fingerprint density at radius 1 is 1.04 bits per heavy atom. The molecule has 0 aliphatic carbocycles. The van der Waals surface area contributed by atoms with Crippen LogP contribution in [-0.2, 0) is 19.1 Å². The fourth-order valence-corrected chi connectivity index (χ4v) is 1.69. The molecule has 0 aliphatic heterocycles. The number of alkyl halides is 6. The minimum Gasteiger partial charge on any atom is -0.480 e. The number of halogens is 6. The Morgan fingerprint density at radius 3 is 1.93 bits per heavy atom. The number of carbonyl (C=O) groups excluding carboxylic acids is 2. The Balaban J connectivity index is 3.14. The summed E-state index contributed by atoms with van der Waals surface area (Å²) in [6.45, 7) is 1.71. The number of hydrogen-bond acceptors (Lipinski definition) is 5. The van der Waals surface area contributed by atoms with Gasteiger partial charge in [0, 0.05) is 5.69 Å². The number of esters is 1. The lowest BCUT2D eigenvalue weighted by molar-refractivity contribution is -0.312. The number of hydrogen-bond donors (Lipinski definition) is 2. The molecule has 6 nitrogen and oxygen atoms in total. The van der Waals surface area contributed by atoms with E-state index < -0.39 is 41.9 Å². The topological polar surface area (TPSA) is 84.9 Å². The maximum Gasteiger partial charge on any atom is 0.434 e. The maximum absolute atomic E-state index is 12.5. The second-order valence-corrected chi connectivity index (χ2v) is 5.07. The van der Waals surface area contributed by atoms with Gasteiger partial charge in [-0.05, 0) is 19.1 Å². The van der Waals surface area contributed by atoms with Crippen LogP contribution in [0.2, 0.25) is 0 Å². The summed E-state index contributed by atoms with van der Waals surface area (Å²) in [6.07, 6.45) is -16.5. The molecule has 0 spiro atoms. The lowest BCUT2D eigenvalue weighted by Gasteiger charge is -2.23. The molecule has 1 amide bonds. The highest BCUT2D eigenvalue weighted by Crippen LogP contribution is 2.36. The van der Waals surface area contributed by atoms with Gasteiger partial charge in [-0.25, -0.2) is 4.79 Å². The summed E-state index contributed by atoms with van der Waals surface area (Å²) in [7, 11) is 0.729. The Kier molecular flexibility index (Phi) is 6.71. The molecule has 27 heavy (non-hydrogen) atoms. The molecule has 0 heterocycles. The van der Waals surface area contributed by atoms with Gasteiger partial charge in [0.05, 0.1) is 7.11 Å². The molecule has 0 bridgehead atoms. The zero-order valence-electron chi connectivity index (χ0n) is 13.7. The number of ether oxygens (including phenoxy) is 2. The van der Waals surface area contributed by atoms with E-state index in [1.807, 2.05) is 5.32 Å². The second-order valence-electron chi connectivity index (χ2n) is 5.07. The summed E-state index contributed by atoms with van der Waals surface area (Å²) in [5.74, 6) is -5.43. The molecule has 0 aromatic heterocycles. The van der Waals surface area contributed by atoms with Crippen molar-refractivity contribution in [3.05, 3.63) is 41.3 Å². The van der Waals surface area contributed by atoms with Gasteiger partial charge < -0.3 is 19.9 Å². The van der Waals surface area contributed by atoms with Gasteiger partial charge in [-0.15, -0.1) is 0 Å². The molecule has 0 aliphatic rings. The van der Waals surface area contributed by atoms with Gasteiger partial charge in [-0.2, -0.15) is 26.3 Å². The highest BCUT2D eigenvalue weighted by Gasteiger charge is 2.60. The van der Waals surface area contributed by atoms with E-state index in [1.165, 1.54) is 24.3 Å². The summed E-state index contributed by atoms with van der Waals surface area (Å²) in [6, 6.07) is 5.73. The van der Waals surface area contributed by atoms with E-state index in [0.29, 0.717) is 0 Å². The predicted molar refractivity (Wildman–Crippen MR) is 78.5 cm³/mol. The van der Waals surface area contributed by atoms with Gasteiger partial charge in [0.2, 0.25) is 5.57 Å². The maximum atomic E-state index is 12.5. The molecular formula is C15H13F6NO5. The molecule has 0 atom stereocenters. The first-order valence-corrected chi connectivity index (χ1v) is 6.97. The number of anilines is 1. The molecule has 2 N–H and O–H groups in total. The molecule has 1 rings (SSSR count). The predicted octanol–water partition coefficient (Wildman–Crippen LogP) is 3.39. The summed E-state index contributed by atoms with van der Waals surface area (Å²) < 4.78 is 82.6. The normalized spacial score (nSPS) is 13.1. The van der Waals surface area contributed by atoms with Crippen molar-refractivity contribution in [2.24, 2.45) is 0 Å². The van der Waals surface area contributed by atoms with Crippen molar-refractivity contribution in [3.8, 4) is 0 Å². The van der Waals surface area contributed by atoms with Crippen molar-refractivity contribution < 1.29 is 50.5 Å². The molecule has 150 valence electrons. The van der Waals surface area contributed by atoms with Crippen LogP contribution in [0.1, 0.15) is 5.56 Å². The van der Waals surface area contributed by atoms with E-state index in [1.54, 1.807) is 6.92 Å². The number of aliphatic hydroxyl groups is 1. The molecule has 12 heteroatoms. The van der Waals surface area contributed by atoms with E-state index in [-0.39, 0.29) is 5.69 Å². The number of carbonyl (C=O) groups is 2. The number of nitrogens with one attached hydrogen (secondary N) is 1. The number of methoxy groups -OCH3 is 1. The van der Waals surface area contributed by atoms with Gasteiger partial charge in [-0.3, -0.25) is 4.79 Å². The monoisotopic (exact) mass is 401 g/mol. The molecule has 0 radical (unpaired) electrons. The summed E-state index contributed by atoms with van der Waals surface area (Å²) in [4.78, 5) is 23.8. The Labute approximate surface area is 148 Å². The number of aryl methyl sites for hydroxylation is 1. The first-order valence-electron chi connectivity index (χ1n) is 6.97. The quantitative estimate of drug-likeness (QED) is 0.197. The van der Waals surface area contributed by atoms with Crippen LogP contribution in [0.4, 0.5) is 32.0 Å². The van der Waals surface area contributed by atoms with E-state index in [4.69, 9.17) is 0 Å². The third-order valence-corrected chi connectivity index (χ3v) is 2.97. The van der Waals surface area contributed by atoms with Crippen molar-refractivity contribution in [2.75, 3.05) is 12.4 Å². The SMILES string of the molecule is CO/C(O)=C(/C(=O)Nc1ccc(C)cc1)C(=O)OC(C(F)(F)F)C(F)(F)F. The lowest BCUT2D eigenvalue weighted by Crippen LogP contribution is -2.46.